The van der Waals surface area contributed by atoms with Crippen molar-refractivity contribution < 1.29 is 9.53 Å². The summed E-state index contributed by atoms with van der Waals surface area (Å²) in [6, 6.07) is 6.00. The van der Waals surface area contributed by atoms with Gasteiger partial charge in [0.1, 0.15) is 0 Å². The molecule has 4 fully saturated rings. The van der Waals surface area contributed by atoms with Crippen LogP contribution in [-0.2, 0) is 11.3 Å². The highest BCUT2D eigenvalue weighted by Gasteiger charge is 2.51. The third kappa shape index (κ3) is 2.67. The molecule has 4 saturated carbocycles. The number of ether oxygens (including phenoxy) is 1. The van der Waals surface area contributed by atoms with Gasteiger partial charge in [-0.1, -0.05) is 6.07 Å². The second-order valence-electron chi connectivity index (χ2n) is 10.1. The fourth-order valence-corrected chi connectivity index (χ4v) is 7.35. The van der Waals surface area contributed by atoms with Crippen LogP contribution in [0.2, 0.25) is 0 Å². The van der Waals surface area contributed by atoms with Crippen molar-refractivity contribution in [3.63, 3.8) is 0 Å². The predicted molar refractivity (Wildman–Crippen MR) is 116 cm³/mol. The molecular weight excluding hydrogens is 374 g/mol. The van der Waals surface area contributed by atoms with Crippen LogP contribution in [0.15, 0.2) is 30.6 Å². The predicted octanol–water partition coefficient (Wildman–Crippen LogP) is 5.34. The molecule has 4 aliphatic carbocycles. The molecule has 5 nitrogen and oxygen atoms in total. The minimum Gasteiger partial charge on any atom is -0.465 e. The van der Waals surface area contributed by atoms with E-state index in [4.69, 9.17) is 9.84 Å². The lowest BCUT2D eigenvalue weighted by Crippen LogP contribution is -2.48. The smallest absolute Gasteiger partial charge is 0.339 e. The molecular formula is C25H29N3O2. The zero-order chi connectivity index (χ0) is 20.5. The Labute approximate surface area is 176 Å². The summed E-state index contributed by atoms with van der Waals surface area (Å²) in [6.07, 6.45) is 12.3. The number of aromatic amines is 1. The Hall–Kier alpha value is -2.56. The van der Waals surface area contributed by atoms with Gasteiger partial charge in [-0.05, 0) is 80.8 Å². The molecule has 4 aliphatic rings. The van der Waals surface area contributed by atoms with Gasteiger partial charge in [0.15, 0.2) is 0 Å². The number of benzene rings is 1. The molecule has 3 aromatic rings. The van der Waals surface area contributed by atoms with Crippen LogP contribution < -0.4 is 0 Å². The Morgan fingerprint density at radius 3 is 2.50 bits per heavy atom. The van der Waals surface area contributed by atoms with E-state index in [1.165, 1.54) is 45.6 Å². The number of methoxy groups -OCH3 is 1. The van der Waals surface area contributed by atoms with E-state index < -0.39 is 0 Å². The third-order valence-corrected chi connectivity index (χ3v) is 8.17. The summed E-state index contributed by atoms with van der Waals surface area (Å²) >= 11 is 0. The molecule has 0 unspecified atom stereocenters. The average Bonchev–Trinajstić information content (AvgIpc) is 3.32. The molecule has 0 aliphatic heterocycles. The molecule has 0 saturated heterocycles. The monoisotopic (exact) mass is 403 g/mol. The third-order valence-electron chi connectivity index (χ3n) is 8.17. The number of aromatic nitrogens is 3. The van der Waals surface area contributed by atoms with Crippen LogP contribution >= 0.6 is 0 Å². The van der Waals surface area contributed by atoms with E-state index in [9.17, 15) is 4.79 Å². The minimum atomic E-state index is -0.302. The van der Waals surface area contributed by atoms with Crippen LogP contribution in [0.4, 0.5) is 0 Å². The van der Waals surface area contributed by atoms with Crippen molar-refractivity contribution in [3.05, 3.63) is 41.9 Å². The topological polar surface area (TPSA) is 59.9 Å². The van der Waals surface area contributed by atoms with Crippen molar-refractivity contribution in [2.75, 3.05) is 7.11 Å². The van der Waals surface area contributed by atoms with Crippen LogP contribution in [-0.4, -0.2) is 27.8 Å². The summed E-state index contributed by atoms with van der Waals surface area (Å²) in [5.74, 6) is 2.51. The number of carbonyl (C=O) groups excluding carboxylic acids is 1. The minimum absolute atomic E-state index is 0.302. The standard InChI is InChI=1S/C25H29N3O2/c1-15-21(19-3-4-22-20(5-6-26-22)23(19)24(29)30-2)13-27-28(15)14-25-10-16-7-17(11-25)9-18(8-16)12-25/h3-6,13,16-18,26H,7-12,14H2,1-2H3. The Kier molecular flexibility index (Phi) is 3.93. The molecule has 30 heavy (non-hydrogen) atoms. The quantitative estimate of drug-likeness (QED) is 0.598. The molecule has 0 spiro atoms. The van der Waals surface area contributed by atoms with Crippen LogP contribution in [0.25, 0.3) is 22.0 Å². The second-order valence-corrected chi connectivity index (χ2v) is 10.1. The largest absolute Gasteiger partial charge is 0.465 e. The summed E-state index contributed by atoms with van der Waals surface area (Å²) in [7, 11) is 1.45. The number of hydrogen-bond donors (Lipinski definition) is 1. The Morgan fingerprint density at radius 1 is 1.13 bits per heavy atom. The number of hydrogen-bond acceptors (Lipinski definition) is 3. The summed E-state index contributed by atoms with van der Waals surface area (Å²) in [5, 5.41) is 5.71. The number of nitrogens with one attached hydrogen (secondary N) is 1. The van der Waals surface area contributed by atoms with Gasteiger partial charge < -0.3 is 9.72 Å². The van der Waals surface area contributed by atoms with Gasteiger partial charge in [-0.3, -0.25) is 4.68 Å². The Bertz CT molecular complexity index is 1100. The molecule has 0 amide bonds. The molecule has 5 heteroatoms. The van der Waals surface area contributed by atoms with Gasteiger partial charge in [0.2, 0.25) is 0 Å². The lowest BCUT2D eigenvalue weighted by Gasteiger charge is -2.56. The Balaban J connectivity index is 1.39. The van der Waals surface area contributed by atoms with E-state index in [-0.39, 0.29) is 5.97 Å². The maximum absolute atomic E-state index is 12.7. The molecule has 156 valence electrons. The van der Waals surface area contributed by atoms with Crippen LogP contribution in [0.3, 0.4) is 0 Å². The second kappa shape index (κ2) is 6.47. The molecule has 1 N–H and O–H groups in total. The van der Waals surface area contributed by atoms with E-state index >= 15 is 0 Å². The zero-order valence-corrected chi connectivity index (χ0v) is 17.8. The van der Waals surface area contributed by atoms with Crippen molar-refractivity contribution in [1.29, 1.82) is 0 Å². The first-order valence-electron chi connectivity index (χ1n) is 11.3. The maximum atomic E-state index is 12.7. The molecule has 1 aromatic carbocycles. The van der Waals surface area contributed by atoms with E-state index in [1.807, 2.05) is 30.6 Å². The van der Waals surface area contributed by atoms with Gasteiger partial charge in [-0.15, -0.1) is 0 Å². The van der Waals surface area contributed by atoms with Gasteiger partial charge in [0, 0.05) is 40.5 Å². The first-order chi connectivity index (χ1) is 14.5. The van der Waals surface area contributed by atoms with Gasteiger partial charge in [-0.25, -0.2) is 4.79 Å². The van der Waals surface area contributed by atoms with Crippen LogP contribution in [0.5, 0.6) is 0 Å². The number of esters is 1. The van der Waals surface area contributed by atoms with Gasteiger partial charge in [0.05, 0.1) is 18.9 Å². The fraction of sp³-hybridized carbons (Fsp3) is 0.520. The number of carbonyl (C=O) groups is 1. The zero-order valence-electron chi connectivity index (χ0n) is 17.8. The van der Waals surface area contributed by atoms with Gasteiger partial charge in [-0.2, -0.15) is 5.10 Å². The van der Waals surface area contributed by atoms with Crippen molar-refractivity contribution in [2.45, 2.75) is 52.0 Å². The summed E-state index contributed by atoms with van der Waals surface area (Å²) in [4.78, 5) is 15.9. The fourth-order valence-electron chi connectivity index (χ4n) is 7.35. The van der Waals surface area contributed by atoms with E-state index in [2.05, 4.69) is 16.6 Å². The Morgan fingerprint density at radius 2 is 1.83 bits per heavy atom. The van der Waals surface area contributed by atoms with Crippen molar-refractivity contribution in [3.8, 4) is 11.1 Å². The number of fused-ring (bicyclic) bond motifs is 1. The van der Waals surface area contributed by atoms with Gasteiger partial charge >= 0.3 is 5.97 Å². The van der Waals surface area contributed by atoms with E-state index in [0.29, 0.717) is 11.0 Å². The van der Waals surface area contributed by atoms with Gasteiger partial charge in [0.25, 0.3) is 0 Å². The number of nitrogens with zero attached hydrogens (tertiary/aromatic N) is 2. The van der Waals surface area contributed by atoms with E-state index in [0.717, 1.165) is 52.0 Å². The normalized spacial score (nSPS) is 29.6. The highest BCUT2D eigenvalue weighted by atomic mass is 16.5. The molecule has 0 radical (unpaired) electrons. The maximum Gasteiger partial charge on any atom is 0.339 e. The molecule has 4 bridgehead atoms. The molecule has 7 rings (SSSR count). The average molecular weight is 404 g/mol. The summed E-state index contributed by atoms with van der Waals surface area (Å²) in [5.41, 5.74) is 5.07. The molecule has 0 atom stereocenters. The van der Waals surface area contributed by atoms with Crippen LogP contribution in [0.1, 0.15) is 54.6 Å². The number of rotatable bonds is 4. The summed E-state index contributed by atoms with van der Waals surface area (Å²) in [6.45, 7) is 3.16. The van der Waals surface area contributed by atoms with Crippen molar-refractivity contribution in [1.82, 2.24) is 14.8 Å². The number of H-pyrrole nitrogens is 1. The molecule has 2 aromatic heterocycles. The van der Waals surface area contributed by atoms with E-state index in [1.54, 1.807) is 0 Å². The highest BCUT2D eigenvalue weighted by molar-refractivity contribution is 6.09. The van der Waals surface area contributed by atoms with Crippen molar-refractivity contribution >= 4 is 16.9 Å². The van der Waals surface area contributed by atoms with Crippen molar-refractivity contribution in [2.24, 2.45) is 23.2 Å². The highest BCUT2D eigenvalue weighted by Crippen LogP contribution is 2.60. The lowest BCUT2D eigenvalue weighted by molar-refractivity contribution is -0.0638. The lowest BCUT2D eigenvalue weighted by atomic mass is 9.49. The first kappa shape index (κ1) is 18.2. The summed E-state index contributed by atoms with van der Waals surface area (Å²) < 4.78 is 7.35. The van der Waals surface area contributed by atoms with Crippen LogP contribution in [0, 0.1) is 30.1 Å². The molecule has 2 heterocycles. The first-order valence-corrected chi connectivity index (χ1v) is 11.3. The SMILES string of the molecule is COC(=O)c1c(-c2cnn(CC34CC5CC(CC(C5)C3)C4)c2C)ccc2[nH]ccc12.